The summed E-state index contributed by atoms with van der Waals surface area (Å²) >= 11 is 4.80. The largest absolute Gasteiger partial charge is 0.269 e. The van der Waals surface area contributed by atoms with Gasteiger partial charge in [0.1, 0.15) is 0 Å². The molecule has 0 saturated carbocycles. The van der Waals surface area contributed by atoms with Gasteiger partial charge in [-0.3, -0.25) is 10.1 Å². The number of nitro benzene ring substituents is 1. The molecule has 0 aliphatic rings. The molecule has 0 amide bonds. The van der Waals surface area contributed by atoms with Crippen LogP contribution in [0.15, 0.2) is 32.9 Å². The first-order valence-electron chi connectivity index (χ1n) is 5.97. The number of aromatic nitrogens is 2. The third kappa shape index (κ3) is 3.94. The Labute approximate surface area is 129 Å². The van der Waals surface area contributed by atoms with Crippen molar-refractivity contribution in [1.29, 1.82) is 0 Å². The molecule has 2 aromatic rings. The van der Waals surface area contributed by atoms with E-state index in [1.54, 1.807) is 47.0 Å². The molecule has 2 rings (SSSR count). The Kier molecular flexibility index (Phi) is 5.38. The second-order valence-corrected chi connectivity index (χ2v) is 7.96. The van der Waals surface area contributed by atoms with Gasteiger partial charge in [-0.2, -0.15) is 0 Å². The average molecular weight is 327 g/mol. The van der Waals surface area contributed by atoms with Crippen molar-refractivity contribution in [3.8, 4) is 0 Å². The van der Waals surface area contributed by atoms with Gasteiger partial charge in [-0.1, -0.05) is 53.9 Å². The molecule has 8 heteroatoms. The van der Waals surface area contributed by atoms with E-state index in [1.807, 2.05) is 13.0 Å². The first-order chi connectivity index (χ1) is 9.60. The molecule has 1 unspecified atom stereocenters. The standard InChI is InChI=1S/C12H13N3O2S3/c1-3-18-11-13-14-12(20-11)19-8(2)9-5-4-6-10(7-9)15(16)17/h4-8H,3H2,1-2H3. The van der Waals surface area contributed by atoms with Crippen LogP contribution in [0.3, 0.4) is 0 Å². The van der Waals surface area contributed by atoms with Crippen LogP contribution in [-0.4, -0.2) is 20.9 Å². The highest BCUT2D eigenvalue weighted by atomic mass is 32.2. The van der Waals surface area contributed by atoms with Crippen molar-refractivity contribution in [3.05, 3.63) is 39.9 Å². The van der Waals surface area contributed by atoms with Crippen LogP contribution in [0.1, 0.15) is 24.7 Å². The van der Waals surface area contributed by atoms with Crippen molar-refractivity contribution in [2.75, 3.05) is 5.75 Å². The number of rotatable bonds is 6. The number of hydrogen-bond acceptors (Lipinski definition) is 7. The van der Waals surface area contributed by atoms with E-state index in [0.29, 0.717) is 0 Å². The monoisotopic (exact) mass is 327 g/mol. The van der Waals surface area contributed by atoms with Crippen LogP contribution in [0.4, 0.5) is 5.69 Å². The molecule has 0 saturated heterocycles. The minimum absolute atomic E-state index is 0.0994. The van der Waals surface area contributed by atoms with Crippen LogP contribution < -0.4 is 0 Å². The van der Waals surface area contributed by atoms with Gasteiger partial charge in [0.2, 0.25) is 0 Å². The van der Waals surface area contributed by atoms with E-state index in [2.05, 4.69) is 17.1 Å². The van der Waals surface area contributed by atoms with Crippen molar-refractivity contribution in [1.82, 2.24) is 10.2 Å². The van der Waals surface area contributed by atoms with Crippen LogP contribution >= 0.6 is 34.9 Å². The number of thioether (sulfide) groups is 2. The molecule has 1 aromatic heterocycles. The van der Waals surface area contributed by atoms with Gasteiger partial charge in [0, 0.05) is 17.4 Å². The summed E-state index contributed by atoms with van der Waals surface area (Å²) in [4.78, 5) is 10.4. The van der Waals surface area contributed by atoms with E-state index in [1.165, 1.54) is 6.07 Å². The van der Waals surface area contributed by atoms with E-state index in [9.17, 15) is 10.1 Å². The predicted molar refractivity (Wildman–Crippen MR) is 83.7 cm³/mol. The van der Waals surface area contributed by atoms with Gasteiger partial charge >= 0.3 is 0 Å². The Morgan fingerprint density at radius 3 is 2.85 bits per heavy atom. The predicted octanol–water partition coefficient (Wildman–Crippen LogP) is 4.41. The summed E-state index contributed by atoms with van der Waals surface area (Å²) in [6, 6.07) is 6.72. The van der Waals surface area contributed by atoms with Crippen molar-refractivity contribution in [2.45, 2.75) is 27.8 Å². The third-order valence-electron chi connectivity index (χ3n) is 2.48. The summed E-state index contributed by atoms with van der Waals surface area (Å²) in [6.45, 7) is 4.09. The van der Waals surface area contributed by atoms with Gasteiger partial charge in [-0.15, -0.1) is 10.2 Å². The Balaban J connectivity index is 2.08. The summed E-state index contributed by atoms with van der Waals surface area (Å²) in [7, 11) is 0. The minimum Gasteiger partial charge on any atom is -0.258 e. The fourth-order valence-corrected chi connectivity index (χ4v) is 4.71. The molecule has 0 radical (unpaired) electrons. The first kappa shape index (κ1) is 15.3. The molecular formula is C12H13N3O2S3. The quantitative estimate of drug-likeness (QED) is 0.444. The highest BCUT2D eigenvalue weighted by molar-refractivity contribution is 8.03. The summed E-state index contributed by atoms with van der Waals surface area (Å²) in [5.74, 6) is 0.972. The summed E-state index contributed by atoms with van der Waals surface area (Å²) in [6.07, 6.45) is 0. The minimum atomic E-state index is -0.373. The molecule has 106 valence electrons. The topological polar surface area (TPSA) is 68.9 Å². The summed E-state index contributed by atoms with van der Waals surface area (Å²) in [5, 5.41) is 19.1. The molecule has 0 aliphatic heterocycles. The zero-order chi connectivity index (χ0) is 14.5. The van der Waals surface area contributed by atoms with Crippen LogP contribution in [-0.2, 0) is 0 Å². The molecule has 1 atom stereocenters. The lowest BCUT2D eigenvalue weighted by atomic mass is 10.1. The molecular weight excluding hydrogens is 314 g/mol. The lowest BCUT2D eigenvalue weighted by Gasteiger charge is -2.08. The van der Waals surface area contributed by atoms with Gasteiger partial charge in [0.25, 0.3) is 5.69 Å². The van der Waals surface area contributed by atoms with E-state index in [4.69, 9.17) is 0 Å². The Morgan fingerprint density at radius 2 is 2.15 bits per heavy atom. The lowest BCUT2D eigenvalue weighted by Crippen LogP contribution is -1.92. The molecule has 0 N–H and O–H groups in total. The molecule has 0 aliphatic carbocycles. The first-order valence-corrected chi connectivity index (χ1v) is 8.65. The number of nitrogens with zero attached hydrogens (tertiary/aromatic N) is 3. The smallest absolute Gasteiger partial charge is 0.258 e. The SMILES string of the molecule is CCSc1nnc(SC(C)c2cccc([N+](=O)[O-])c2)s1. The van der Waals surface area contributed by atoms with Crippen molar-refractivity contribution in [3.63, 3.8) is 0 Å². The molecule has 1 aromatic carbocycles. The number of hydrogen-bond donors (Lipinski definition) is 0. The fraction of sp³-hybridized carbons (Fsp3) is 0.333. The Morgan fingerprint density at radius 1 is 1.40 bits per heavy atom. The summed E-state index contributed by atoms with van der Waals surface area (Å²) in [5.41, 5.74) is 1.04. The molecule has 0 bridgehead atoms. The second-order valence-electron chi connectivity index (χ2n) is 3.88. The normalized spacial score (nSPS) is 12.3. The zero-order valence-electron chi connectivity index (χ0n) is 11.0. The van der Waals surface area contributed by atoms with E-state index < -0.39 is 0 Å². The maximum Gasteiger partial charge on any atom is 0.269 e. The number of non-ortho nitro benzene ring substituents is 1. The molecule has 1 heterocycles. The van der Waals surface area contributed by atoms with E-state index in [-0.39, 0.29) is 15.9 Å². The van der Waals surface area contributed by atoms with Crippen molar-refractivity contribution >= 4 is 40.5 Å². The van der Waals surface area contributed by atoms with Crippen LogP contribution in [0, 0.1) is 10.1 Å². The Hall–Kier alpha value is -1.12. The Bertz CT molecular complexity index is 603. The highest BCUT2D eigenvalue weighted by Gasteiger charge is 2.14. The van der Waals surface area contributed by atoms with Crippen LogP contribution in [0.5, 0.6) is 0 Å². The number of nitro groups is 1. The van der Waals surface area contributed by atoms with Crippen LogP contribution in [0.2, 0.25) is 0 Å². The second kappa shape index (κ2) is 7.05. The van der Waals surface area contributed by atoms with Gasteiger partial charge in [-0.05, 0) is 18.2 Å². The van der Waals surface area contributed by atoms with Crippen molar-refractivity contribution < 1.29 is 4.92 Å². The molecule has 20 heavy (non-hydrogen) atoms. The average Bonchev–Trinajstić information content (AvgIpc) is 2.86. The highest BCUT2D eigenvalue weighted by Crippen LogP contribution is 2.38. The van der Waals surface area contributed by atoms with Gasteiger partial charge in [0.05, 0.1) is 4.92 Å². The van der Waals surface area contributed by atoms with Gasteiger partial charge < -0.3 is 0 Å². The lowest BCUT2D eigenvalue weighted by molar-refractivity contribution is -0.384. The molecule has 0 spiro atoms. The fourth-order valence-electron chi connectivity index (χ4n) is 1.54. The third-order valence-corrected chi connectivity index (χ3v) is 5.66. The maximum atomic E-state index is 10.8. The molecule has 5 nitrogen and oxygen atoms in total. The molecule has 0 fully saturated rings. The zero-order valence-corrected chi connectivity index (χ0v) is 13.4. The van der Waals surface area contributed by atoms with Crippen LogP contribution in [0.25, 0.3) is 0 Å². The van der Waals surface area contributed by atoms with Crippen molar-refractivity contribution in [2.24, 2.45) is 0 Å². The van der Waals surface area contributed by atoms with E-state index >= 15 is 0 Å². The number of benzene rings is 1. The van der Waals surface area contributed by atoms with Gasteiger partial charge in [0.15, 0.2) is 8.68 Å². The summed E-state index contributed by atoms with van der Waals surface area (Å²) < 4.78 is 1.85. The maximum absolute atomic E-state index is 10.8. The van der Waals surface area contributed by atoms with E-state index in [0.717, 1.165) is 20.0 Å². The van der Waals surface area contributed by atoms with Gasteiger partial charge in [-0.25, -0.2) is 0 Å².